The summed E-state index contributed by atoms with van der Waals surface area (Å²) in [5.74, 6) is -0.211. The summed E-state index contributed by atoms with van der Waals surface area (Å²) >= 11 is 3.46. The summed E-state index contributed by atoms with van der Waals surface area (Å²) in [5.41, 5.74) is 2.05. The van der Waals surface area contributed by atoms with E-state index in [1.165, 1.54) is 10.9 Å². The smallest absolute Gasteiger partial charge is 0.358 e. The molecule has 0 amide bonds. The molecule has 2 heterocycles. The first-order valence-electron chi connectivity index (χ1n) is 5.71. The zero-order valence-corrected chi connectivity index (χ0v) is 11.4. The van der Waals surface area contributed by atoms with Gasteiger partial charge in [0.2, 0.25) is 0 Å². The van der Waals surface area contributed by atoms with Crippen molar-refractivity contribution in [2.24, 2.45) is 0 Å². The number of aromatic carboxylic acids is 1. The summed E-state index contributed by atoms with van der Waals surface area (Å²) in [4.78, 5) is 10.8. The number of fused-ring (bicyclic) bond motifs is 1. The van der Waals surface area contributed by atoms with E-state index in [-0.39, 0.29) is 5.69 Å². The molecule has 0 radical (unpaired) electrons. The van der Waals surface area contributed by atoms with Crippen LogP contribution in [0.1, 0.15) is 21.6 Å². The van der Waals surface area contributed by atoms with Gasteiger partial charge in [0, 0.05) is 16.5 Å². The molecule has 3 rings (SSSR count). The van der Waals surface area contributed by atoms with Gasteiger partial charge in [-0.15, -0.1) is 5.10 Å². The minimum absolute atomic E-state index is 0.0624. The van der Waals surface area contributed by atoms with Crippen molar-refractivity contribution in [3.8, 4) is 5.75 Å². The summed E-state index contributed by atoms with van der Waals surface area (Å²) in [6, 6.07) is 3.99. The maximum atomic E-state index is 10.8. The predicted molar refractivity (Wildman–Crippen MR) is 69.4 cm³/mol. The molecule has 0 fully saturated rings. The van der Waals surface area contributed by atoms with Crippen molar-refractivity contribution < 1.29 is 14.6 Å². The van der Waals surface area contributed by atoms with Gasteiger partial charge in [-0.3, -0.25) is 0 Å². The van der Waals surface area contributed by atoms with E-state index in [4.69, 9.17) is 9.84 Å². The van der Waals surface area contributed by atoms with Gasteiger partial charge in [0.1, 0.15) is 5.75 Å². The Hall–Kier alpha value is -1.89. The van der Waals surface area contributed by atoms with Gasteiger partial charge in [-0.05, 0) is 17.7 Å². The number of hydrogen-bond donors (Lipinski definition) is 1. The number of carboxylic acid groups (broad SMARTS) is 1. The van der Waals surface area contributed by atoms with Crippen molar-refractivity contribution in [3.63, 3.8) is 0 Å². The highest BCUT2D eigenvalue weighted by Gasteiger charge is 2.18. The third-order valence-corrected chi connectivity index (χ3v) is 3.37. The van der Waals surface area contributed by atoms with E-state index in [0.717, 1.165) is 27.8 Å². The van der Waals surface area contributed by atoms with Crippen LogP contribution in [0.4, 0.5) is 0 Å². The highest BCUT2D eigenvalue weighted by atomic mass is 79.9. The fourth-order valence-electron chi connectivity index (χ4n) is 2.11. The van der Waals surface area contributed by atoms with Crippen molar-refractivity contribution >= 4 is 21.9 Å². The lowest BCUT2D eigenvalue weighted by molar-refractivity contribution is 0.0690. The molecule has 1 aliphatic rings. The molecule has 1 aromatic heterocycles. The summed E-state index contributed by atoms with van der Waals surface area (Å²) in [5, 5.41) is 16.2. The molecular formula is C12H10BrN3O3. The van der Waals surface area contributed by atoms with Crippen molar-refractivity contribution in [3.05, 3.63) is 39.6 Å². The molecule has 0 unspecified atom stereocenters. The summed E-state index contributed by atoms with van der Waals surface area (Å²) in [6.07, 6.45) is 2.30. The molecule has 0 saturated heterocycles. The number of carboxylic acids is 1. The number of benzene rings is 1. The topological polar surface area (TPSA) is 77.2 Å². The van der Waals surface area contributed by atoms with E-state index in [2.05, 4.69) is 26.2 Å². The zero-order chi connectivity index (χ0) is 13.4. The monoisotopic (exact) mass is 323 g/mol. The van der Waals surface area contributed by atoms with Crippen molar-refractivity contribution in [2.45, 2.75) is 13.0 Å². The number of ether oxygens (including phenoxy) is 1. The van der Waals surface area contributed by atoms with Gasteiger partial charge in [-0.25, -0.2) is 9.48 Å². The first kappa shape index (κ1) is 12.2. The number of aromatic nitrogens is 3. The molecule has 0 bridgehead atoms. The average molecular weight is 324 g/mol. The van der Waals surface area contributed by atoms with Gasteiger partial charge < -0.3 is 9.84 Å². The summed E-state index contributed by atoms with van der Waals surface area (Å²) in [7, 11) is 0. The molecule has 19 heavy (non-hydrogen) atoms. The van der Waals surface area contributed by atoms with Gasteiger partial charge in [-0.2, -0.15) is 0 Å². The Morgan fingerprint density at radius 2 is 2.37 bits per heavy atom. The van der Waals surface area contributed by atoms with E-state index >= 15 is 0 Å². The highest BCUT2D eigenvalue weighted by Crippen LogP contribution is 2.33. The van der Waals surface area contributed by atoms with E-state index in [9.17, 15) is 4.79 Å². The minimum Gasteiger partial charge on any atom is -0.493 e. The van der Waals surface area contributed by atoms with Crippen LogP contribution in [0.3, 0.4) is 0 Å². The number of hydrogen-bond acceptors (Lipinski definition) is 4. The number of rotatable bonds is 3. The standard InChI is InChI=1S/C12H10BrN3O3/c13-9-3-7-1-2-19-11(7)8(4-9)5-16-6-10(12(17)18)14-15-16/h3-4,6H,1-2,5H2,(H,17,18). The van der Waals surface area contributed by atoms with Crippen LogP contribution in [0.5, 0.6) is 5.75 Å². The third-order valence-electron chi connectivity index (χ3n) is 2.92. The molecule has 0 spiro atoms. The highest BCUT2D eigenvalue weighted by molar-refractivity contribution is 9.10. The summed E-state index contributed by atoms with van der Waals surface area (Å²) in [6.45, 7) is 1.11. The maximum absolute atomic E-state index is 10.8. The van der Waals surface area contributed by atoms with Crippen LogP contribution in [-0.4, -0.2) is 32.7 Å². The maximum Gasteiger partial charge on any atom is 0.358 e. The second kappa shape index (κ2) is 4.65. The Balaban J connectivity index is 1.92. The van der Waals surface area contributed by atoms with Crippen LogP contribution >= 0.6 is 15.9 Å². The van der Waals surface area contributed by atoms with E-state index in [1.54, 1.807) is 0 Å². The Morgan fingerprint density at radius 1 is 1.53 bits per heavy atom. The average Bonchev–Trinajstić information content (AvgIpc) is 2.96. The van der Waals surface area contributed by atoms with Crippen molar-refractivity contribution in [2.75, 3.05) is 6.61 Å². The van der Waals surface area contributed by atoms with E-state index in [0.29, 0.717) is 13.2 Å². The van der Waals surface area contributed by atoms with Crippen LogP contribution in [0.25, 0.3) is 0 Å². The number of carbonyl (C=O) groups is 1. The van der Waals surface area contributed by atoms with Crippen LogP contribution in [0.2, 0.25) is 0 Å². The number of halogens is 1. The largest absolute Gasteiger partial charge is 0.493 e. The van der Waals surface area contributed by atoms with Gasteiger partial charge in [0.05, 0.1) is 19.3 Å². The molecule has 6 nitrogen and oxygen atoms in total. The normalized spacial score (nSPS) is 13.1. The second-order valence-corrected chi connectivity index (χ2v) is 5.17. The molecule has 1 aliphatic heterocycles. The fraction of sp³-hybridized carbons (Fsp3) is 0.250. The quantitative estimate of drug-likeness (QED) is 0.930. The van der Waals surface area contributed by atoms with Gasteiger partial charge in [0.25, 0.3) is 0 Å². The van der Waals surface area contributed by atoms with Crippen LogP contribution < -0.4 is 4.74 Å². The lowest BCUT2D eigenvalue weighted by Gasteiger charge is -2.08. The SMILES string of the molecule is O=C(O)c1cn(Cc2cc(Br)cc3c2OCC3)nn1. The molecule has 1 N–H and O–H groups in total. The lowest BCUT2D eigenvalue weighted by Crippen LogP contribution is -2.02. The van der Waals surface area contributed by atoms with Gasteiger partial charge in [0.15, 0.2) is 5.69 Å². The predicted octanol–water partition coefficient (Wildman–Crippen LogP) is 1.72. The molecule has 98 valence electrons. The molecule has 0 saturated carbocycles. The van der Waals surface area contributed by atoms with Crippen molar-refractivity contribution in [1.82, 2.24) is 15.0 Å². The van der Waals surface area contributed by atoms with E-state index < -0.39 is 5.97 Å². The first-order chi connectivity index (χ1) is 9.13. The Labute approximate surface area is 117 Å². The molecular weight excluding hydrogens is 314 g/mol. The third kappa shape index (κ3) is 2.33. The molecule has 7 heteroatoms. The van der Waals surface area contributed by atoms with Crippen molar-refractivity contribution in [1.29, 1.82) is 0 Å². The van der Waals surface area contributed by atoms with Crippen LogP contribution in [0.15, 0.2) is 22.8 Å². The number of nitrogens with zero attached hydrogens (tertiary/aromatic N) is 3. The Kier molecular flexibility index (Phi) is 2.98. The zero-order valence-electron chi connectivity index (χ0n) is 9.84. The summed E-state index contributed by atoms with van der Waals surface area (Å²) < 4.78 is 8.08. The van der Waals surface area contributed by atoms with Crippen LogP contribution in [0, 0.1) is 0 Å². The molecule has 0 aliphatic carbocycles. The lowest BCUT2D eigenvalue weighted by atomic mass is 10.1. The first-order valence-corrected chi connectivity index (χ1v) is 6.50. The molecule has 0 atom stereocenters. The second-order valence-electron chi connectivity index (χ2n) is 4.26. The fourth-order valence-corrected chi connectivity index (χ4v) is 2.66. The Morgan fingerprint density at radius 3 is 3.11 bits per heavy atom. The Bertz CT molecular complexity index is 654. The van der Waals surface area contributed by atoms with Gasteiger partial charge in [-0.1, -0.05) is 21.1 Å². The van der Waals surface area contributed by atoms with E-state index in [1.807, 2.05) is 12.1 Å². The minimum atomic E-state index is -1.08. The van der Waals surface area contributed by atoms with Gasteiger partial charge >= 0.3 is 5.97 Å². The molecule has 1 aromatic carbocycles. The van der Waals surface area contributed by atoms with Crippen LogP contribution in [-0.2, 0) is 13.0 Å². The molecule has 2 aromatic rings.